The van der Waals surface area contributed by atoms with E-state index >= 15 is 0 Å². The van der Waals surface area contributed by atoms with E-state index in [9.17, 15) is 4.79 Å². The number of carbonyl (C=O) groups is 1. The number of anilines is 1. The lowest BCUT2D eigenvalue weighted by Gasteiger charge is -2.45. The third-order valence-electron chi connectivity index (χ3n) is 7.95. The summed E-state index contributed by atoms with van der Waals surface area (Å²) in [5.74, 6) is 1.67. The fourth-order valence-electron chi connectivity index (χ4n) is 5.85. The molecule has 1 heterocycles. The lowest BCUT2D eigenvalue weighted by atomic mass is 9.64. The number of benzene rings is 2. The molecule has 0 N–H and O–H groups in total. The van der Waals surface area contributed by atoms with Crippen LogP contribution in [-0.2, 0) is 14.9 Å². The topological polar surface area (TPSA) is 38.8 Å². The summed E-state index contributed by atoms with van der Waals surface area (Å²) < 4.78 is 11.7. The molecule has 4 heteroatoms. The maximum absolute atomic E-state index is 13.6. The van der Waals surface area contributed by atoms with Gasteiger partial charge in [0, 0.05) is 18.2 Å². The van der Waals surface area contributed by atoms with Crippen LogP contribution in [0.1, 0.15) is 64.9 Å². The Hall–Kier alpha value is -2.49. The molecule has 2 fully saturated rings. The minimum absolute atomic E-state index is 0.0453. The molecule has 2 aromatic carbocycles. The minimum Gasteiger partial charge on any atom is -0.497 e. The molecular formula is C29H39NO3. The molecule has 0 spiro atoms. The van der Waals surface area contributed by atoms with Crippen molar-refractivity contribution in [3.8, 4) is 5.75 Å². The monoisotopic (exact) mass is 449 g/mol. The molecule has 1 aliphatic carbocycles. The van der Waals surface area contributed by atoms with Crippen molar-refractivity contribution in [3.63, 3.8) is 0 Å². The average Bonchev–Trinajstić information content (AvgIpc) is 2.84. The van der Waals surface area contributed by atoms with Crippen molar-refractivity contribution >= 4 is 11.7 Å². The van der Waals surface area contributed by atoms with E-state index in [1.54, 1.807) is 7.11 Å². The molecule has 1 aliphatic heterocycles. The molecule has 1 saturated carbocycles. The van der Waals surface area contributed by atoms with E-state index in [2.05, 4.69) is 68.1 Å². The molecule has 0 amide bonds. The van der Waals surface area contributed by atoms with Crippen LogP contribution in [0, 0.1) is 11.8 Å². The third kappa shape index (κ3) is 5.20. The first-order valence-corrected chi connectivity index (χ1v) is 12.6. The molecule has 0 bridgehead atoms. The number of ether oxygens (including phenoxy) is 2. The van der Waals surface area contributed by atoms with Gasteiger partial charge >= 0.3 is 5.97 Å². The highest BCUT2D eigenvalue weighted by atomic mass is 16.5. The summed E-state index contributed by atoms with van der Waals surface area (Å²) in [6.45, 7) is 7.80. The van der Waals surface area contributed by atoms with Gasteiger partial charge in [0.2, 0.25) is 0 Å². The standard InChI is InChI=1S/C29H39NO3/c1-21-13-18-25(29(2,3)22-10-6-5-7-11-22)27(20-21)33-28(31)26-12-8-9-19-30(26)23-14-16-24(32-4)17-15-23/h5-7,10-11,14-17,21,25-27H,8-9,12-13,18-20H2,1-4H3/t21-,25-,26+,27-/m1/s1. The van der Waals surface area contributed by atoms with E-state index in [1.165, 1.54) is 12.0 Å². The van der Waals surface area contributed by atoms with Crippen LogP contribution in [0.5, 0.6) is 5.75 Å². The Labute approximate surface area is 199 Å². The van der Waals surface area contributed by atoms with Gasteiger partial charge in [-0.3, -0.25) is 0 Å². The van der Waals surface area contributed by atoms with Crippen molar-refractivity contribution in [1.29, 1.82) is 0 Å². The van der Waals surface area contributed by atoms with Gasteiger partial charge in [-0.15, -0.1) is 0 Å². The van der Waals surface area contributed by atoms with Crippen molar-refractivity contribution in [2.45, 2.75) is 76.9 Å². The Balaban J connectivity index is 1.53. The molecule has 2 aliphatic rings. The molecule has 0 unspecified atom stereocenters. The smallest absolute Gasteiger partial charge is 0.329 e. The summed E-state index contributed by atoms with van der Waals surface area (Å²) in [4.78, 5) is 15.8. The summed E-state index contributed by atoms with van der Waals surface area (Å²) in [5, 5.41) is 0. The van der Waals surface area contributed by atoms with E-state index in [0.717, 1.165) is 50.1 Å². The van der Waals surface area contributed by atoms with E-state index in [1.807, 2.05) is 12.1 Å². The Kier molecular flexibility index (Phi) is 7.31. The fraction of sp³-hybridized carbons (Fsp3) is 0.552. The summed E-state index contributed by atoms with van der Waals surface area (Å²) >= 11 is 0. The number of hydrogen-bond acceptors (Lipinski definition) is 4. The Bertz CT molecular complexity index is 908. The highest BCUT2D eigenvalue weighted by Crippen LogP contribution is 2.44. The predicted molar refractivity (Wildman–Crippen MR) is 134 cm³/mol. The molecule has 1 saturated heterocycles. The molecule has 0 radical (unpaired) electrons. The molecule has 4 nitrogen and oxygen atoms in total. The second-order valence-corrected chi connectivity index (χ2v) is 10.5. The Morgan fingerprint density at radius 3 is 2.39 bits per heavy atom. The van der Waals surface area contributed by atoms with Crippen LogP contribution in [0.15, 0.2) is 54.6 Å². The number of carbonyl (C=O) groups excluding carboxylic acids is 1. The zero-order valence-electron chi connectivity index (χ0n) is 20.6. The average molecular weight is 450 g/mol. The van der Waals surface area contributed by atoms with Crippen LogP contribution in [0.25, 0.3) is 0 Å². The summed E-state index contributed by atoms with van der Waals surface area (Å²) in [6.07, 6.45) is 6.19. The first-order valence-electron chi connectivity index (χ1n) is 12.6. The molecule has 4 atom stereocenters. The number of nitrogens with zero attached hydrogens (tertiary/aromatic N) is 1. The SMILES string of the molecule is COc1ccc(N2CCCC[C@H]2C(=O)O[C@@H]2C[C@H](C)CC[C@H]2C(C)(C)c2ccccc2)cc1. The molecule has 4 rings (SSSR count). The van der Waals surface area contributed by atoms with Crippen LogP contribution in [-0.4, -0.2) is 31.8 Å². The number of esters is 1. The van der Waals surface area contributed by atoms with E-state index in [4.69, 9.17) is 9.47 Å². The van der Waals surface area contributed by atoms with Crippen molar-refractivity contribution in [3.05, 3.63) is 60.2 Å². The quantitative estimate of drug-likeness (QED) is 0.480. The molecule has 33 heavy (non-hydrogen) atoms. The van der Waals surface area contributed by atoms with Gasteiger partial charge in [-0.1, -0.05) is 57.5 Å². The lowest BCUT2D eigenvalue weighted by Crippen LogP contribution is -2.49. The summed E-state index contributed by atoms with van der Waals surface area (Å²) in [6, 6.07) is 18.5. The third-order valence-corrected chi connectivity index (χ3v) is 7.95. The largest absolute Gasteiger partial charge is 0.497 e. The van der Waals surface area contributed by atoms with E-state index < -0.39 is 0 Å². The van der Waals surface area contributed by atoms with Crippen LogP contribution < -0.4 is 9.64 Å². The maximum atomic E-state index is 13.6. The zero-order chi connectivity index (χ0) is 23.4. The Morgan fingerprint density at radius 1 is 0.970 bits per heavy atom. The molecular weight excluding hydrogens is 410 g/mol. The van der Waals surface area contributed by atoms with Crippen LogP contribution in [0.4, 0.5) is 5.69 Å². The second kappa shape index (κ2) is 10.2. The van der Waals surface area contributed by atoms with Gasteiger partial charge in [-0.05, 0) is 73.3 Å². The minimum atomic E-state index is -0.218. The summed E-state index contributed by atoms with van der Waals surface area (Å²) in [5.41, 5.74) is 2.34. The van der Waals surface area contributed by atoms with Gasteiger partial charge in [0.05, 0.1) is 7.11 Å². The van der Waals surface area contributed by atoms with Crippen molar-refractivity contribution in [1.82, 2.24) is 0 Å². The normalized spacial score (nSPS) is 26.0. The van der Waals surface area contributed by atoms with E-state index in [-0.39, 0.29) is 23.5 Å². The second-order valence-electron chi connectivity index (χ2n) is 10.5. The van der Waals surface area contributed by atoms with Crippen LogP contribution >= 0.6 is 0 Å². The fourth-order valence-corrected chi connectivity index (χ4v) is 5.85. The number of piperidine rings is 1. The highest BCUT2D eigenvalue weighted by Gasteiger charge is 2.43. The van der Waals surface area contributed by atoms with Crippen LogP contribution in [0.3, 0.4) is 0 Å². The van der Waals surface area contributed by atoms with Gasteiger partial charge < -0.3 is 14.4 Å². The maximum Gasteiger partial charge on any atom is 0.329 e. The van der Waals surface area contributed by atoms with E-state index in [0.29, 0.717) is 11.8 Å². The number of methoxy groups -OCH3 is 1. The first kappa shape index (κ1) is 23.7. The summed E-state index contributed by atoms with van der Waals surface area (Å²) in [7, 11) is 1.68. The molecule has 0 aromatic heterocycles. The molecule has 178 valence electrons. The first-order chi connectivity index (χ1) is 15.9. The van der Waals surface area contributed by atoms with Crippen molar-refractivity contribution in [2.75, 3.05) is 18.6 Å². The Morgan fingerprint density at radius 2 is 1.70 bits per heavy atom. The van der Waals surface area contributed by atoms with Gasteiger partial charge in [0.1, 0.15) is 17.9 Å². The predicted octanol–water partition coefficient (Wildman–Crippen LogP) is 6.38. The highest BCUT2D eigenvalue weighted by molar-refractivity contribution is 5.80. The van der Waals surface area contributed by atoms with Gasteiger partial charge in [0.15, 0.2) is 0 Å². The lowest BCUT2D eigenvalue weighted by molar-refractivity contribution is -0.158. The number of hydrogen-bond donors (Lipinski definition) is 0. The van der Waals surface area contributed by atoms with Crippen molar-refractivity contribution in [2.24, 2.45) is 11.8 Å². The molecule has 2 aromatic rings. The van der Waals surface area contributed by atoms with Gasteiger partial charge in [0.25, 0.3) is 0 Å². The van der Waals surface area contributed by atoms with Gasteiger partial charge in [-0.25, -0.2) is 4.79 Å². The zero-order valence-corrected chi connectivity index (χ0v) is 20.6. The van der Waals surface area contributed by atoms with Crippen molar-refractivity contribution < 1.29 is 14.3 Å². The van der Waals surface area contributed by atoms with Crippen LogP contribution in [0.2, 0.25) is 0 Å². The number of rotatable bonds is 6. The van der Waals surface area contributed by atoms with Gasteiger partial charge in [-0.2, -0.15) is 0 Å².